The van der Waals surface area contributed by atoms with E-state index < -0.39 is 23.8 Å². The molecule has 1 atom stereocenters. The average Bonchev–Trinajstić information content (AvgIpc) is 2.82. The summed E-state index contributed by atoms with van der Waals surface area (Å²) in [7, 11) is 1.42. The highest BCUT2D eigenvalue weighted by Gasteiger charge is 2.21. The molecule has 0 heterocycles. The van der Waals surface area contributed by atoms with Crippen LogP contribution in [-0.2, 0) is 4.79 Å². The fourth-order valence-electron chi connectivity index (χ4n) is 3.11. The summed E-state index contributed by atoms with van der Waals surface area (Å²) in [5.74, 6) is -1.23. The van der Waals surface area contributed by atoms with Crippen LogP contribution >= 0.6 is 23.2 Å². The van der Waals surface area contributed by atoms with Crippen LogP contribution in [0.5, 0.6) is 5.75 Å². The Morgan fingerprint density at radius 3 is 2.24 bits per heavy atom. The number of carbonyl (C=O) groups excluding carboxylic acids is 3. The zero-order valence-electron chi connectivity index (χ0n) is 17.6. The first-order valence-corrected chi connectivity index (χ1v) is 10.7. The average molecular weight is 486 g/mol. The molecule has 0 saturated heterocycles. The van der Waals surface area contributed by atoms with E-state index in [1.165, 1.54) is 13.2 Å². The summed E-state index contributed by atoms with van der Waals surface area (Å²) in [5.41, 5.74) is 5.88. The summed E-state index contributed by atoms with van der Waals surface area (Å²) < 4.78 is 5.16. The number of hydrogen-bond donors (Lipinski definition) is 3. The number of methoxy groups -OCH3 is 1. The molecule has 0 bridgehead atoms. The van der Waals surface area contributed by atoms with E-state index in [9.17, 15) is 14.4 Å². The second-order valence-corrected chi connectivity index (χ2v) is 7.81. The van der Waals surface area contributed by atoms with Crippen molar-refractivity contribution < 1.29 is 19.1 Å². The molecule has 3 aromatic rings. The van der Waals surface area contributed by atoms with Gasteiger partial charge in [0, 0.05) is 5.02 Å². The third kappa shape index (κ3) is 6.47. The van der Waals surface area contributed by atoms with Crippen LogP contribution in [-0.4, -0.2) is 24.8 Å². The Morgan fingerprint density at radius 2 is 1.55 bits per heavy atom. The molecule has 3 rings (SSSR count). The number of amides is 3. The zero-order valence-corrected chi connectivity index (χ0v) is 19.1. The van der Waals surface area contributed by atoms with Crippen molar-refractivity contribution in [1.29, 1.82) is 0 Å². The molecule has 3 N–H and O–H groups in total. The molecule has 3 amide bonds. The van der Waals surface area contributed by atoms with Gasteiger partial charge in [0.15, 0.2) is 0 Å². The second kappa shape index (κ2) is 11.4. The van der Waals surface area contributed by atoms with Gasteiger partial charge in [-0.15, -0.1) is 0 Å². The molecule has 170 valence electrons. The minimum absolute atomic E-state index is 0.132. The van der Waals surface area contributed by atoms with Crippen molar-refractivity contribution in [1.82, 2.24) is 16.2 Å². The molecule has 0 aromatic heterocycles. The fraction of sp³-hybridized carbons (Fsp3) is 0.125. The number of benzene rings is 3. The maximum atomic E-state index is 12.8. The van der Waals surface area contributed by atoms with Crippen LogP contribution in [0.2, 0.25) is 10.0 Å². The lowest BCUT2D eigenvalue weighted by molar-refractivity contribution is -0.122. The largest absolute Gasteiger partial charge is 0.496 e. The number of hydrazine groups is 1. The van der Waals surface area contributed by atoms with Crippen LogP contribution in [0.15, 0.2) is 72.8 Å². The molecule has 3 aromatic carbocycles. The van der Waals surface area contributed by atoms with Gasteiger partial charge in [0.1, 0.15) is 5.75 Å². The van der Waals surface area contributed by atoms with Gasteiger partial charge in [-0.2, -0.15) is 0 Å². The van der Waals surface area contributed by atoms with Crippen molar-refractivity contribution in [3.63, 3.8) is 0 Å². The SMILES string of the molecule is COc1ccc(Cl)cc1C(=O)NNC(=O)C[C@@H](NC(=O)c1ccccc1Cl)c1ccccc1. The van der Waals surface area contributed by atoms with E-state index in [4.69, 9.17) is 27.9 Å². The number of hydrogen-bond acceptors (Lipinski definition) is 4. The maximum Gasteiger partial charge on any atom is 0.273 e. The summed E-state index contributed by atoms with van der Waals surface area (Å²) in [6.45, 7) is 0. The van der Waals surface area contributed by atoms with Crippen molar-refractivity contribution in [2.24, 2.45) is 0 Å². The number of rotatable bonds is 7. The quantitative estimate of drug-likeness (QED) is 0.434. The number of halogens is 2. The van der Waals surface area contributed by atoms with Gasteiger partial charge in [0.05, 0.1) is 35.7 Å². The summed E-state index contributed by atoms with van der Waals surface area (Å²) >= 11 is 12.1. The molecule has 0 saturated carbocycles. The summed E-state index contributed by atoms with van der Waals surface area (Å²) in [5, 5.41) is 3.48. The number of ether oxygens (including phenoxy) is 1. The minimum atomic E-state index is -0.660. The normalized spacial score (nSPS) is 11.2. The molecule has 0 aliphatic rings. The first kappa shape index (κ1) is 24.1. The Morgan fingerprint density at radius 1 is 0.848 bits per heavy atom. The van der Waals surface area contributed by atoms with Crippen molar-refractivity contribution in [2.45, 2.75) is 12.5 Å². The van der Waals surface area contributed by atoms with Gasteiger partial charge in [-0.1, -0.05) is 65.7 Å². The Labute approximate surface area is 201 Å². The summed E-state index contributed by atoms with van der Waals surface area (Å²) in [6.07, 6.45) is -0.132. The molecule has 0 fully saturated rings. The van der Waals surface area contributed by atoms with Gasteiger partial charge in [-0.3, -0.25) is 25.2 Å². The standard InChI is InChI=1S/C24H21Cl2N3O4/c1-33-21-12-11-16(25)13-18(21)24(32)29-28-22(30)14-20(15-7-3-2-4-8-15)27-23(31)17-9-5-6-10-19(17)26/h2-13,20H,14H2,1H3,(H,27,31)(H,28,30)(H,29,32)/t20-/m1/s1. The van der Waals surface area contributed by atoms with Crippen molar-refractivity contribution in [3.05, 3.63) is 99.5 Å². The molecule has 0 aliphatic carbocycles. The second-order valence-electron chi connectivity index (χ2n) is 6.97. The van der Waals surface area contributed by atoms with E-state index in [1.54, 1.807) is 60.7 Å². The lowest BCUT2D eigenvalue weighted by Crippen LogP contribution is -2.43. The first-order valence-electron chi connectivity index (χ1n) is 9.92. The maximum absolute atomic E-state index is 12.8. The fourth-order valence-corrected chi connectivity index (χ4v) is 3.50. The van der Waals surface area contributed by atoms with Gasteiger partial charge < -0.3 is 10.1 Å². The van der Waals surface area contributed by atoms with Crippen LogP contribution in [0.25, 0.3) is 0 Å². The topological polar surface area (TPSA) is 96.5 Å². The van der Waals surface area contributed by atoms with E-state index in [-0.39, 0.29) is 12.0 Å². The Balaban J connectivity index is 1.69. The van der Waals surface area contributed by atoms with Gasteiger partial charge in [-0.25, -0.2) is 0 Å². The highest BCUT2D eigenvalue weighted by atomic mass is 35.5. The van der Waals surface area contributed by atoms with Gasteiger partial charge in [0.25, 0.3) is 11.8 Å². The van der Waals surface area contributed by atoms with Crippen LogP contribution in [0.4, 0.5) is 0 Å². The third-order valence-electron chi connectivity index (χ3n) is 4.74. The van der Waals surface area contributed by atoms with Gasteiger partial charge in [0.2, 0.25) is 5.91 Å². The van der Waals surface area contributed by atoms with E-state index in [0.717, 1.165) is 5.56 Å². The highest BCUT2D eigenvalue weighted by Crippen LogP contribution is 2.23. The van der Waals surface area contributed by atoms with Crippen LogP contribution in [0.3, 0.4) is 0 Å². The summed E-state index contributed by atoms with van der Waals surface area (Å²) in [4.78, 5) is 37.9. The van der Waals surface area contributed by atoms with Gasteiger partial charge in [-0.05, 0) is 35.9 Å². The third-order valence-corrected chi connectivity index (χ3v) is 5.30. The summed E-state index contributed by atoms with van der Waals surface area (Å²) in [6, 6.07) is 19.5. The van der Waals surface area contributed by atoms with Crippen molar-refractivity contribution >= 4 is 40.9 Å². The van der Waals surface area contributed by atoms with E-state index in [2.05, 4.69) is 16.2 Å². The van der Waals surface area contributed by atoms with E-state index in [0.29, 0.717) is 21.4 Å². The number of nitrogens with one attached hydrogen (secondary N) is 3. The molecule has 33 heavy (non-hydrogen) atoms. The Bertz CT molecular complexity index is 1160. The Hall–Kier alpha value is -3.55. The molecule has 0 radical (unpaired) electrons. The van der Waals surface area contributed by atoms with Crippen LogP contribution < -0.4 is 20.9 Å². The lowest BCUT2D eigenvalue weighted by atomic mass is 10.0. The van der Waals surface area contributed by atoms with E-state index >= 15 is 0 Å². The van der Waals surface area contributed by atoms with Crippen molar-refractivity contribution in [3.8, 4) is 5.75 Å². The Kier molecular flexibility index (Phi) is 8.29. The highest BCUT2D eigenvalue weighted by molar-refractivity contribution is 6.33. The zero-order chi connectivity index (χ0) is 23.8. The predicted octanol–water partition coefficient (Wildman–Crippen LogP) is 4.32. The molecule has 9 heteroatoms. The molecule has 0 aliphatic heterocycles. The lowest BCUT2D eigenvalue weighted by Gasteiger charge is -2.20. The van der Waals surface area contributed by atoms with Crippen LogP contribution in [0, 0.1) is 0 Å². The first-order chi connectivity index (χ1) is 15.9. The smallest absolute Gasteiger partial charge is 0.273 e. The molecule has 7 nitrogen and oxygen atoms in total. The molecular weight excluding hydrogens is 465 g/mol. The minimum Gasteiger partial charge on any atom is -0.496 e. The molecule has 0 spiro atoms. The molecule has 0 unspecified atom stereocenters. The van der Waals surface area contributed by atoms with Gasteiger partial charge >= 0.3 is 0 Å². The molecular formula is C24H21Cl2N3O4. The monoisotopic (exact) mass is 485 g/mol. The van der Waals surface area contributed by atoms with Crippen molar-refractivity contribution in [2.75, 3.05) is 7.11 Å². The van der Waals surface area contributed by atoms with Crippen LogP contribution in [0.1, 0.15) is 38.7 Å². The predicted molar refractivity (Wildman–Crippen MR) is 126 cm³/mol. The number of carbonyl (C=O) groups is 3. The van der Waals surface area contributed by atoms with E-state index in [1.807, 2.05) is 6.07 Å².